The van der Waals surface area contributed by atoms with E-state index in [-0.39, 0.29) is 18.1 Å². The molecule has 4 aliphatic rings. The van der Waals surface area contributed by atoms with E-state index in [1.165, 1.54) is 42.8 Å². The van der Waals surface area contributed by atoms with Gasteiger partial charge in [0.2, 0.25) is 13.1 Å². The van der Waals surface area contributed by atoms with Gasteiger partial charge in [-0.3, -0.25) is 4.98 Å². The molecule has 11 heteroatoms. The van der Waals surface area contributed by atoms with Crippen LogP contribution in [-0.2, 0) is 37.3 Å². The normalized spacial score (nSPS) is 25.7. The summed E-state index contributed by atoms with van der Waals surface area (Å²) in [5, 5.41) is 4.05. The van der Waals surface area contributed by atoms with Crippen molar-refractivity contribution in [1.29, 1.82) is 0 Å². The molecule has 0 radical (unpaired) electrons. The lowest BCUT2D eigenvalue weighted by atomic mass is 9.59. The molecule has 272 valence electrons. The van der Waals surface area contributed by atoms with Gasteiger partial charge in [-0.05, 0) is 128 Å². The Morgan fingerprint density at radius 1 is 1.06 bits per heavy atom. The number of hydrogen-bond donors (Lipinski definition) is 1. The number of esters is 1. The molecule has 1 unspecified atom stereocenters. The van der Waals surface area contributed by atoms with E-state index in [1.54, 1.807) is 12.1 Å². The van der Waals surface area contributed by atoms with Gasteiger partial charge in [-0.2, -0.15) is 0 Å². The number of benzene rings is 2. The van der Waals surface area contributed by atoms with Gasteiger partial charge in [0.15, 0.2) is 11.5 Å². The van der Waals surface area contributed by atoms with Crippen molar-refractivity contribution in [3.8, 4) is 17.2 Å². The number of methoxy groups -OCH3 is 1. The molecule has 4 atom stereocenters. The molecule has 1 N–H and O–H groups in total. The number of nitrogens with one attached hydrogen (secondary N) is 1. The zero-order valence-electron chi connectivity index (χ0n) is 29.8. The number of aromatic nitrogens is 1. The summed E-state index contributed by atoms with van der Waals surface area (Å²) in [7, 11) is 1.21. The van der Waals surface area contributed by atoms with Gasteiger partial charge >= 0.3 is 12.1 Å². The first-order valence-corrected chi connectivity index (χ1v) is 18.5. The van der Waals surface area contributed by atoms with Gasteiger partial charge in [-0.1, -0.05) is 31.5 Å². The molecule has 10 nitrogen and oxygen atoms in total. The Kier molecular flexibility index (Phi) is 9.98. The van der Waals surface area contributed by atoms with Crippen LogP contribution in [0.5, 0.6) is 17.2 Å². The molecule has 2 heterocycles. The molecule has 0 saturated heterocycles. The number of rotatable bonds is 10. The van der Waals surface area contributed by atoms with Gasteiger partial charge in [0.05, 0.1) is 13.7 Å². The number of carbonyl (C=O) groups excluding carboxylic acids is 2. The molecule has 0 bridgehead atoms. The average Bonchev–Trinajstić information content (AvgIpc) is 3.68. The summed E-state index contributed by atoms with van der Waals surface area (Å²) in [4.78, 5) is 30.5. The quantitative estimate of drug-likeness (QED) is 0.162. The highest BCUT2D eigenvalue weighted by Gasteiger charge is 2.55. The number of aryl methyl sites for hydroxylation is 1. The van der Waals surface area contributed by atoms with Crippen LogP contribution in [0.25, 0.3) is 0 Å². The number of halogens is 1. The summed E-state index contributed by atoms with van der Waals surface area (Å²) < 4.78 is 33.7. The highest BCUT2D eigenvalue weighted by atomic mass is 35.5. The van der Waals surface area contributed by atoms with E-state index in [9.17, 15) is 9.59 Å². The second-order valence-corrected chi connectivity index (χ2v) is 15.2. The smallest absolute Gasteiger partial charge is 0.493 e. The minimum absolute atomic E-state index is 0.206. The van der Waals surface area contributed by atoms with Crippen LogP contribution in [0.1, 0.15) is 94.0 Å². The van der Waals surface area contributed by atoms with Crippen LogP contribution in [0, 0.1) is 11.8 Å². The Morgan fingerprint density at radius 3 is 2.61 bits per heavy atom. The van der Waals surface area contributed by atoms with E-state index in [1.807, 2.05) is 24.4 Å². The summed E-state index contributed by atoms with van der Waals surface area (Å²) in [6.07, 6.45) is 7.43. The van der Waals surface area contributed by atoms with Crippen molar-refractivity contribution in [3.63, 3.8) is 0 Å². The highest BCUT2D eigenvalue weighted by molar-refractivity contribution is 6.30. The predicted molar refractivity (Wildman–Crippen MR) is 192 cm³/mol. The molecule has 1 aromatic heterocycles. The van der Waals surface area contributed by atoms with E-state index < -0.39 is 24.0 Å². The first-order chi connectivity index (χ1) is 24.6. The monoisotopic (exact) mass is 718 g/mol. The molecule has 7 rings (SSSR count). The van der Waals surface area contributed by atoms with Crippen LogP contribution >= 0.6 is 11.6 Å². The fourth-order valence-corrected chi connectivity index (χ4v) is 9.15. The Labute approximate surface area is 304 Å². The van der Waals surface area contributed by atoms with E-state index in [0.717, 1.165) is 55.8 Å². The zero-order valence-corrected chi connectivity index (χ0v) is 30.6. The summed E-state index contributed by atoms with van der Waals surface area (Å²) >= 11 is 6.36. The van der Waals surface area contributed by atoms with Crippen LogP contribution in [0.4, 0.5) is 10.5 Å². The number of ether oxygens (including phenoxy) is 6. The Bertz CT molecular complexity index is 1770. The fourth-order valence-electron chi connectivity index (χ4n) is 8.96. The number of nitrogens with zero attached hydrogens (tertiary/aromatic N) is 1. The van der Waals surface area contributed by atoms with E-state index >= 15 is 0 Å². The van der Waals surface area contributed by atoms with Crippen LogP contribution in [-0.4, -0.2) is 49.4 Å². The van der Waals surface area contributed by atoms with E-state index in [0.29, 0.717) is 42.0 Å². The summed E-state index contributed by atoms with van der Waals surface area (Å²) in [6.45, 7) is 6.87. The summed E-state index contributed by atoms with van der Waals surface area (Å²) in [6, 6.07) is 13.7. The minimum Gasteiger partial charge on any atom is -0.493 e. The lowest BCUT2D eigenvalue weighted by Crippen LogP contribution is -2.54. The lowest BCUT2D eigenvalue weighted by molar-refractivity contribution is -0.174. The largest absolute Gasteiger partial charge is 0.511 e. The molecule has 1 spiro atoms. The van der Waals surface area contributed by atoms with E-state index in [2.05, 4.69) is 41.0 Å². The van der Waals surface area contributed by atoms with Crippen LogP contribution in [0.3, 0.4) is 0 Å². The van der Waals surface area contributed by atoms with Gasteiger partial charge in [-0.25, -0.2) is 9.59 Å². The lowest BCUT2D eigenvalue weighted by Gasteiger charge is -2.48. The first-order valence-electron chi connectivity index (χ1n) is 18.1. The predicted octanol–water partition coefficient (Wildman–Crippen LogP) is 8.52. The van der Waals surface area contributed by atoms with Crippen molar-refractivity contribution >= 4 is 29.4 Å². The molecule has 2 aromatic carbocycles. The third-order valence-corrected chi connectivity index (χ3v) is 11.7. The third kappa shape index (κ3) is 7.04. The highest BCUT2D eigenvalue weighted by Crippen LogP contribution is 2.58. The number of hydrogen-bond acceptors (Lipinski definition) is 10. The molecular weight excluding hydrogens is 672 g/mol. The van der Waals surface area contributed by atoms with Crippen molar-refractivity contribution in [3.05, 3.63) is 76.1 Å². The third-order valence-electron chi connectivity index (χ3n) is 11.5. The van der Waals surface area contributed by atoms with Gasteiger partial charge < -0.3 is 33.7 Å². The van der Waals surface area contributed by atoms with E-state index in [4.69, 9.17) is 35.3 Å². The molecular formula is C40H47ClN2O8. The minimum atomic E-state index is -1.13. The second-order valence-electron chi connectivity index (χ2n) is 14.8. The van der Waals surface area contributed by atoms with Crippen LogP contribution < -0.4 is 19.5 Å². The molecule has 1 aliphatic heterocycles. The number of pyridine rings is 1. The SMILES string of the molecule is COC(=O)OC(C)OC(=O)C1(Nc2cccc(Cl)c2)CCC2(CC1)c1cc3c(cc1C[C@@H]2C[C@@H](C)COc1ccnc2c1[C@H](C)CCC2)OCO3. The van der Waals surface area contributed by atoms with Crippen molar-refractivity contribution in [2.45, 2.75) is 102 Å². The van der Waals surface area contributed by atoms with Crippen molar-refractivity contribution in [2.24, 2.45) is 11.8 Å². The van der Waals surface area contributed by atoms with Crippen molar-refractivity contribution in [1.82, 2.24) is 4.98 Å². The average molecular weight is 719 g/mol. The van der Waals surface area contributed by atoms with Gasteiger partial charge in [0.25, 0.3) is 0 Å². The number of anilines is 1. The molecule has 51 heavy (non-hydrogen) atoms. The Morgan fingerprint density at radius 2 is 1.84 bits per heavy atom. The number of fused-ring (bicyclic) bond motifs is 4. The van der Waals surface area contributed by atoms with Crippen LogP contribution in [0.15, 0.2) is 48.7 Å². The Balaban J connectivity index is 1.14. The van der Waals surface area contributed by atoms with Gasteiger partial charge in [0.1, 0.15) is 11.3 Å². The van der Waals surface area contributed by atoms with Crippen molar-refractivity contribution < 1.29 is 38.0 Å². The van der Waals surface area contributed by atoms with Crippen LogP contribution in [0.2, 0.25) is 5.02 Å². The summed E-state index contributed by atoms with van der Waals surface area (Å²) in [5.41, 5.74) is 4.40. The standard InChI is InChI=1S/C40H47ClN2O8/c1-24(22-47-33-11-16-42-32-10-5-7-25(2)36(32)33)17-28-18-27-19-34-35(49-23-48-34)21-31(27)39(28)12-14-40(15-13-39,43-30-9-6-8-29(41)20-30)37(44)50-26(3)51-38(45)46-4/h6,8-9,11,16,19-21,24-26,28,43H,5,7,10,12-15,17-18,22-23H2,1-4H3/t24-,25-,26?,28+,39?,40?/m1/s1. The molecule has 0 amide bonds. The molecule has 1 fully saturated rings. The zero-order chi connectivity index (χ0) is 35.8. The van der Waals surface area contributed by atoms with Gasteiger partial charge in [0, 0.05) is 35.1 Å². The summed E-state index contributed by atoms with van der Waals surface area (Å²) in [5.74, 6) is 3.05. The topological polar surface area (TPSA) is 114 Å². The molecule has 3 aromatic rings. The maximum atomic E-state index is 14.1. The Hall–Kier alpha value is -4.18. The molecule has 1 saturated carbocycles. The maximum Gasteiger partial charge on any atom is 0.511 e. The second kappa shape index (κ2) is 14.4. The maximum absolute atomic E-state index is 14.1. The van der Waals surface area contributed by atoms with Gasteiger partial charge in [-0.15, -0.1) is 0 Å². The number of carbonyl (C=O) groups is 2. The van der Waals surface area contributed by atoms with Crippen molar-refractivity contribution in [2.75, 3.05) is 25.8 Å². The first kappa shape index (κ1) is 35.2. The fraction of sp³-hybridized carbons (Fsp3) is 0.525. The molecule has 3 aliphatic carbocycles.